The number of halogens is 1. The predicted molar refractivity (Wildman–Crippen MR) is 120 cm³/mol. The molecule has 0 atom stereocenters. The van der Waals surface area contributed by atoms with Crippen LogP contribution in [0.25, 0.3) is 11.0 Å². The second kappa shape index (κ2) is 8.37. The zero-order chi connectivity index (χ0) is 23.0. The molecule has 0 aliphatic rings. The maximum absolute atomic E-state index is 14.0. The topological polar surface area (TPSA) is 102 Å². The van der Waals surface area contributed by atoms with Gasteiger partial charge in [-0.2, -0.15) is 10.1 Å². The average molecular weight is 437 g/mol. The lowest BCUT2D eigenvalue weighted by atomic mass is 10.1. The molecule has 0 aliphatic heterocycles. The number of nitrogens with zero attached hydrogens (tertiary/aromatic N) is 6. The largest absolute Gasteiger partial charge is 0.343 e. The van der Waals surface area contributed by atoms with E-state index in [4.69, 9.17) is 0 Å². The SMILES string of the molecule is Cc1nn(C)c(C)c1CCN(C)c1ncc2c(=O)n(Cc3ccccc3F)c(=O)[nH]c2n1. The maximum Gasteiger partial charge on any atom is 0.330 e. The van der Waals surface area contributed by atoms with Gasteiger partial charge in [-0.25, -0.2) is 14.2 Å². The van der Waals surface area contributed by atoms with Gasteiger partial charge in [-0.3, -0.25) is 19.0 Å². The number of hydrogen-bond acceptors (Lipinski definition) is 6. The molecule has 0 spiro atoms. The molecule has 4 rings (SSSR count). The summed E-state index contributed by atoms with van der Waals surface area (Å²) in [6.07, 6.45) is 2.15. The molecule has 0 radical (unpaired) electrons. The van der Waals surface area contributed by atoms with Crippen LogP contribution in [0.15, 0.2) is 40.1 Å². The number of benzene rings is 1. The van der Waals surface area contributed by atoms with E-state index in [1.54, 1.807) is 12.1 Å². The smallest absolute Gasteiger partial charge is 0.330 e. The number of likely N-dealkylation sites (N-methyl/N-ethyl adjacent to an activating group) is 1. The summed E-state index contributed by atoms with van der Waals surface area (Å²) in [6.45, 7) is 4.46. The van der Waals surface area contributed by atoms with E-state index in [2.05, 4.69) is 20.1 Å². The highest BCUT2D eigenvalue weighted by Crippen LogP contribution is 2.15. The molecule has 1 N–H and O–H groups in total. The number of hydrogen-bond donors (Lipinski definition) is 1. The van der Waals surface area contributed by atoms with Gasteiger partial charge >= 0.3 is 5.69 Å². The summed E-state index contributed by atoms with van der Waals surface area (Å²) in [5.41, 5.74) is 2.44. The Morgan fingerprint density at radius 1 is 1.19 bits per heavy atom. The zero-order valence-corrected chi connectivity index (χ0v) is 18.4. The first-order chi connectivity index (χ1) is 15.3. The fourth-order valence-corrected chi connectivity index (χ4v) is 3.71. The van der Waals surface area contributed by atoms with Crippen molar-refractivity contribution in [2.75, 3.05) is 18.5 Å². The van der Waals surface area contributed by atoms with Gasteiger partial charge in [-0.05, 0) is 31.9 Å². The Morgan fingerprint density at radius 2 is 1.94 bits per heavy atom. The standard InChI is InChI=1S/C22H24FN7O2/c1-13-16(14(2)29(4)27-13)9-10-28(3)21-24-11-17-19(25-21)26-22(32)30(20(17)31)12-15-7-5-6-8-18(15)23/h5-8,11H,9-10,12H2,1-4H3,(H,24,25,26,32). The van der Waals surface area contributed by atoms with Crippen LogP contribution in [0.4, 0.5) is 10.3 Å². The lowest BCUT2D eigenvalue weighted by Crippen LogP contribution is -2.36. The van der Waals surface area contributed by atoms with E-state index >= 15 is 0 Å². The number of H-pyrrole nitrogens is 1. The minimum atomic E-state index is -0.653. The highest BCUT2D eigenvalue weighted by Gasteiger charge is 2.15. The van der Waals surface area contributed by atoms with Crippen molar-refractivity contribution in [3.05, 3.63) is 79.6 Å². The first-order valence-corrected chi connectivity index (χ1v) is 10.2. The number of anilines is 1. The fourth-order valence-electron chi connectivity index (χ4n) is 3.71. The van der Waals surface area contributed by atoms with Gasteiger partial charge < -0.3 is 4.90 Å². The lowest BCUT2D eigenvalue weighted by molar-refractivity contribution is 0.590. The summed E-state index contributed by atoms with van der Waals surface area (Å²) in [4.78, 5) is 38.6. The highest BCUT2D eigenvalue weighted by molar-refractivity contribution is 5.73. The number of aromatic nitrogens is 6. The van der Waals surface area contributed by atoms with Gasteiger partial charge in [0.15, 0.2) is 5.65 Å². The third-order valence-corrected chi connectivity index (χ3v) is 5.71. The summed E-state index contributed by atoms with van der Waals surface area (Å²) >= 11 is 0. The van der Waals surface area contributed by atoms with Crippen molar-refractivity contribution in [1.29, 1.82) is 0 Å². The van der Waals surface area contributed by atoms with Gasteiger partial charge in [-0.1, -0.05) is 18.2 Å². The second-order valence-corrected chi connectivity index (χ2v) is 7.79. The third kappa shape index (κ3) is 3.91. The molecule has 166 valence electrons. The van der Waals surface area contributed by atoms with Crippen LogP contribution in [0.1, 0.15) is 22.5 Å². The van der Waals surface area contributed by atoms with Crippen molar-refractivity contribution in [3.8, 4) is 0 Å². The monoisotopic (exact) mass is 437 g/mol. The molecular formula is C22H24FN7O2. The van der Waals surface area contributed by atoms with Crippen molar-refractivity contribution in [2.45, 2.75) is 26.8 Å². The van der Waals surface area contributed by atoms with Gasteiger partial charge in [0.25, 0.3) is 5.56 Å². The molecule has 3 heterocycles. The maximum atomic E-state index is 14.0. The molecular weight excluding hydrogens is 413 g/mol. The van der Waals surface area contributed by atoms with Crippen LogP contribution in [0.2, 0.25) is 0 Å². The number of fused-ring (bicyclic) bond motifs is 1. The van der Waals surface area contributed by atoms with E-state index in [1.807, 2.05) is 37.5 Å². The van der Waals surface area contributed by atoms with Crippen LogP contribution in [-0.4, -0.2) is 42.9 Å². The zero-order valence-electron chi connectivity index (χ0n) is 18.4. The summed E-state index contributed by atoms with van der Waals surface area (Å²) in [5.74, 6) is -0.0928. The quantitative estimate of drug-likeness (QED) is 0.493. The van der Waals surface area contributed by atoms with Gasteiger partial charge in [0, 0.05) is 38.1 Å². The van der Waals surface area contributed by atoms with Crippen LogP contribution in [0.3, 0.4) is 0 Å². The van der Waals surface area contributed by atoms with Crippen LogP contribution in [-0.2, 0) is 20.0 Å². The summed E-state index contributed by atoms with van der Waals surface area (Å²) in [7, 11) is 3.76. The van der Waals surface area contributed by atoms with E-state index in [9.17, 15) is 14.0 Å². The minimum Gasteiger partial charge on any atom is -0.343 e. The van der Waals surface area contributed by atoms with E-state index < -0.39 is 17.1 Å². The molecule has 3 aromatic heterocycles. The molecule has 0 fully saturated rings. The minimum absolute atomic E-state index is 0.148. The van der Waals surface area contributed by atoms with Crippen molar-refractivity contribution < 1.29 is 4.39 Å². The van der Waals surface area contributed by atoms with E-state index in [1.165, 1.54) is 23.9 Å². The van der Waals surface area contributed by atoms with E-state index in [-0.39, 0.29) is 23.1 Å². The third-order valence-electron chi connectivity index (χ3n) is 5.71. The molecule has 1 aromatic carbocycles. The molecule has 10 heteroatoms. The summed E-state index contributed by atoms with van der Waals surface area (Å²) < 4.78 is 16.8. The highest BCUT2D eigenvalue weighted by atomic mass is 19.1. The Balaban J connectivity index is 1.61. The number of aromatic amines is 1. The summed E-state index contributed by atoms with van der Waals surface area (Å²) in [6, 6.07) is 6.02. The molecule has 0 bridgehead atoms. The van der Waals surface area contributed by atoms with Gasteiger partial charge in [0.1, 0.15) is 11.2 Å². The Labute approximate surface area is 183 Å². The molecule has 0 saturated heterocycles. The Hall–Kier alpha value is -3.82. The van der Waals surface area contributed by atoms with Gasteiger partial charge in [0.05, 0.1) is 12.2 Å². The first-order valence-electron chi connectivity index (χ1n) is 10.2. The summed E-state index contributed by atoms with van der Waals surface area (Å²) in [5, 5.41) is 4.60. The normalized spacial score (nSPS) is 11.3. The van der Waals surface area contributed by atoms with Gasteiger partial charge in [-0.15, -0.1) is 0 Å². The van der Waals surface area contributed by atoms with Gasteiger partial charge in [0.2, 0.25) is 5.95 Å². The van der Waals surface area contributed by atoms with Crippen LogP contribution >= 0.6 is 0 Å². The van der Waals surface area contributed by atoms with Crippen molar-refractivity contribution in [1.82, 2.24) is 29.3 Å². The van der Waals surface area contributed by atoms with E-state index in [0.29, 0.717) is 12.5 Å². The number of rotatable bonds is 6. The molecule has 0 unspecified atom stereocenters. The average Bonchev–Trinajstić information content (AvgIpc) is 3.01. The van der Waals surface area contributed by atoms with Crippen LogP contribution < -0.4 is 16.1 Å². The molecule has 9 nitrogen and oxygen atoms in total. The molecule has 4 aromatic rings. The Kier molecular flexibility index (Phi) is 5.60. The van der Waals surface area contributed by atoms with Crippen molar-refractivity contribution in [3.63, 3.8) is 0 Å². The van der Waals surface area contributed by atoms with E-state index in [0.717, 1.165) is 22.4 Å². The molecule has 0 amide bonds. The molecule has 0 saturated carbocycles. The predicted octanol–water partition coefficient (Wildman–Crippen LogP) is 1.70. The number of nitrogens with one attached hydrogen (secondary N) is 1. The van der Waals surface area contributed by atoms with Crippen LogP contribution in [0, 0.1) is 19.7 Å². The van der Waals surface area contributed by atoms with Crippen molar-refractivity contribution >= 4 is 17.0 Å². The fraction of sp³-hybridized carbons (Fsp3) is 0.318. The molecule has 32 heavy (non-hydrogen) atoms. The Morgan fingerprint density at radius 3 is 2.62 bits per heavy atom. The number of aryl methyl sites for hydroxylation is 2. The van der Waals surface area contributed by atoms with Crippen molar-refractivity contribution in [2.24, 2.45) is 7.05 Å². The molecule has 0 aliphatic carbocycles. The first kappa shape index (κ1) is 21.4. The lowest BCUT2D eigenvalue weighted by Gasteiger charge is -2.17. The Bertz CT molecular complexity index is 1420. The van der Waals surface area contributed by atoms with Crippen LogP contribution in [0.5, 0.6) is 0 Å². The second-order valence-electron chi connectivity index (χ2n) is 7.79.